The predicted octanol–water partition coefficient (Wildman–Crippen LogP) is 4.52. The maximum absolute atomic E-state index is 14.5. The third-order valence-electron chi connectivity index (χ3n) is 9.96. The Kier molecular flexibility index (Phi) is 17.2. The van der Waals surface area contributed by atoms with Crippen LogP contribution in [0, 0.1) is 22.7 Å². The van der Waals surface area contributed by atoms with Crippen LogP contribution in [0.1, 0.15) is 88.0 Å². The molecule has 1 aliphatic heterocycles. The zero-order valence-corrected chi connectivity index (χ0v) is 35.9. The number of sulfonamides is 1. The largest absolute Gasteiger partial charge is 0.495 e. The zero-order valence-electron chi connectivity index (χ0n) is 34.4. The minimum absolute atomic E-state index is 0.00808. The molecule has 1 aliphatic rings. The SMILES string of the molecule is C=CCNC(=O)C(=O)C(CCCC)NC(=O)[C@@H]1[C@@H](C(C)C)CCN1C(=O)[C@@H](NC(=O)N[C@H](CN(C)S(=O)(=O)c1cc(Cl)ccc1OC)C(C)(C)C)C(C)(C)C. The number of hydrogen-bond acceptors (Lipinski definition) is 8. The summed E-state index contributed by atoms with van der Waals surface area (Å²) in [7, 11) is -1.36. The van der Waals surface area contributed by atoms with Gasteiger partial charge in [0, 0.05) is 37.7 Å². The molecule has 1 aromatic rings. The normalized spacial score (nSPS) is 18.0. The fourth-order valence-electron chi connectivity index (χ4n) is 6.50. The Balaban J connectivity index is 2.39. The number of carbonyl (C=O) groups is 5. The molecule has 55 heavy (non-hydrogen) atoms. The molecular weight excluding hydrogens is 748 g/mol. The van der Waals surface area contributed by atoms with E-state index in [1.54, 1.807) is 20.8 Å². The first-order valence-electron chi connectivity index (χ1n) is 18.8. The number of likely N-dealkylation sites (N-methyl/N-ethyl adjacent to an activating group) is 1. The fraction of sp³-hybridized carbons (Fsp3) is 0.667. The molecule has 0 bridgehead atoms. The summed E-state index contributed by atoms with van der Waals surface area (Å²) in [5, 5.41) is 11.2. The van der Waals surface area contributed by atoms with Crippen molar-refractivity contribution in [2.75, 3.05) is 33.8 Å². The van der Waals surface area contributed by atoms with Gasteiger partial charge in [0.2, 0.25) is 27.6 Å². The number of urea groups is 1. The van der Waals surface area contributed by atoms with Crippen LogP contribution in [0.2, 0.25) is 5.02 Å². The van der Waals surface area contributed by atoms with Crippen molar-refractivity contribution in [1.82, 2.24) is 30.5 Å². The Morgan fingerprint density at radius 3 is 2.22 bits per heavy atom. The van der Waals surface area contributed by atoms with Crippen LogP contribution in [0.3, 0.4) is 0 Å². The summed E-state index contributed by atoms with van der Waals surface area (Å²) in [5.41, 5.74) is -1.47. The molecule has 1 fully saturated rings. The number of hydrogen-bond donors (Lipinski definition) is 4. The first-order valence-corrected chi connectivity index (χ1v) is 20.6. The average Bonchev–Trinajstić information content (AvgIpc) is 3.55. The molecule has 1 aromatic carbocycles. The second kappa shape index (κ2) is 19.9. The van der Waals surface area contributed by atoms with Crippen LogP contribution < -0.4 is 26.0 Å². The molecule has 4 N–H and O–H groups in total. The number of benzene rings is 1. The van der Waals surface area contributed by atoms with Gasteiger partial charge < -0.3 is 30.9 Å². The summed E-state index contributed by atoms with van der Waals surface area (Å²) in [5.74, 6) is -2.77. The predicted molar refractivity (Wildman–Crippen MR) is 214 cm³/mol. The van der Waals surface area contributed by atoms with Gasteiger partial charge in [-0.3, -0.25) is 19.2 Å². The number of amides is 5. The molecule has 0 spiro atoms. The summed E-state index contributed by atoms with van der Waals surface area (Å²) in [6, 6.07) is -0.284. The van der Waals surface area contributed by atoms with E-state index in [1.165, 1.54) is 43.3 Å². The van der Waals surface area contributed by atoms with Crippen LogP contribution >= 0.6 is 11.6 Å². The molecule has 14 nitrogen and oxygen atoms in total. The Labute approximate surface area is 332 Å². The van der Waals surface area contributed by atoms with Crippen LogP contribution in [-0.2, 0) is 29.2 Å². The number of nitrogens with one attached hydrogen (secondary N) is 4. The lowest BCUT2D eigenvalue weighted by molar-refractivity contribution is -0.144. The maximum atomic E-state index is 14.5. The molecule has 0 aromatic heterocycles. The highest BCUT2D eigenvalue weighted by atomic mass is 35.5. The first-order chi connectivity index (χ1) is 25.4. The van der Waals surface area contributed by atoms with Crippen LogP contribution in [0.4, 0.5) is 4.79 Å². The van der Waals surface area contributed by atoms with E-state index in [0.29, 0.717) is 12.8 Å². The lowest BCUT2D eigenvalue weighted by Crippen LogP contribution is -2.62. The second-order valence-corrected chi connectivity index (χ2v) is 19.1. The van der Waals surface area contributed by atoms with Crippen molar-refractivity contribution in [3.05, 3.63) is 35.9 Å². The molecule has 0 aliphatic carbocycles. The molecule has 1 heterocycles. The Bertz CT molecular complexity index is 1660. The number of nitrogens with zero attached hydrogens (tertiary/aromatic N) is 2. The Morgan fingerprint density at radius 2 is 1.69 bits per heavy atom. The van der Waals surface area contributed by atoms with Gasteiger partial charge >= 0.3 is 6.03 Å². The van der Waals surface area contributed by atoms with Gasteiger partial charge in [-0.05, 0) is 53.7 Å². The number of Topliss-reactive ketones (excluding diaryl/α,β-unsaturated/α-hetero) is 1. The van der Waals surface area contributed by atoms with Gasteiger partial charge in [0.25, 0.3) is 5.91 Å². The van der Waals surface area contributed by atoms with Gasteiger partial charge in [0.1, 0.15) is 22.7 Å². The summed E-state index contributed by atoms with van der Waals surface area (Å²) in [6.07, 6.45) is 3.54. The Hall–Kier alpha value is -3.69. The molecule has 2 rings (SSSR count). The van der Waals surface area contributed by atoms with E-state index in [0.717, 1.165) is 10.7 Å². The monoisotopic (exact) mass is 810 g/mol. The number of ether oxygens (including phenoxy) is 1. The summed E-state index contributed by atoms with van der Waals surface area (Å²) in [4.78, 5) is 69.5. The minimum Gasteiger partial charge on any atom is -0.495 e. The molecule has 0 radical (unpaired) electrons. The van der Waals surface area contributed by atoms with Crippen LogP contribution in [0.5, 0.6) is 5.75 Å². The number of ketones is 1. The van der Waals surface area contributed by atoms with Crippen molar-refractivity contribution in [2.45, 2.75) is 117 Å². The molecule has 16 heteroatoms. The minimum atomic E-state index is -4.12. The highest BCUT2D eigenvalue weighted by Crippen LogP contribution is 2.34. The number of rotatable bonds is 18. The molecule has 1 saturated heterocycles. The topological polar surface area (TPSA) is 183 Å². The number of unbranched alkanes of at least 4 members (excludes halogenated alkanes) is 1. The standard InChI is InChI=1S/C39H63ClN6O8S/c1-13-15-16-27(32(47)35(49)41-20-14-2)42-34(48)31-26(24(3)4)19-21-46(31)36(50)33(39(8,9)10)44-37(51)43-30(38(5,6)7)23-45(11)55(52,53)29-22-25(40)17-18-28(29)54-12/h14,17-18,22,24,26-27,30-31,33H,2,13,15-16,19-21,23H2,1,3-12H3,(H,41,49)(H,42,48)(H2,43,44,51)/t26-,27?,30-,31+,33-/m1/s1. The molecule has 0 saturated carbocycles. The number of likely N-dealkylation sites (tertiary alicyclic amines) is 1. The van der Waals surface area contributed by atoms with Gasteiger partial charge in [-0.15, -0.1) is 6.58 Å². The van der Waals surface area contributed by atoms with Crippen LogP contribution in [0.15, 0.2) is 35.7 Å². The van der Waals surface area contributed by atoms with E-state index in [4.69, 9.17) is 16.3 Å². The molecule has 1 unspecified atom stereocenters. The van der Waals surface area contributed by atoms with Crippen molar-refractivity contribution in [1.29, 1.82) is 0 Å². The van der Waals surface area contributed by atoms with E-state index in [9.17, 15) is 32.4 Å². The molecular formula is C39H63ClN6O8S. The van der Waals surface area contributed by atoms with E-state index >= 15 is 0 Å². The van der Waals surface area contributed by atoms with Crippen molar-refractivity contribution < 1.29 is 37.1 Å². The van der Waals surface area contributed by atoms with Crippen molar-refractivity contribution >= 4 is 51.2 Å². The average molecular weight is 811 g/mol. The van der Waals surface area contributed by atoms with Gasteiger partial charge in [-0.2, -0.15) is 4.31 Å². The summed E-state index contributed by atoms with van der Waals surface area (Å²) in [6.45, 7) is 20.6. The van der Waals surface area contributed by atoms with E-state index in [1.807, 2.05) is 41.5 Å². The van der Waals surface area contributed by atoms with Crippen molar-refractivity contribution in [2.24, 2.45) is 22.7 Å². The van der Waals surface area contributed by atoms with E-state index in [2.05, 4.69) is 27.8 Å². The fourth-order valence-corrected chi connectivity index (χ4v) is 8.10. The van der Waals surface area contributed by atoms with Crippen LogP contribution in [0.25, 0.3) is 0 Å². The van der Waals surface area contributed by atoms with Crippen molar-refractivity contribution in [3.63, 3.8) is 0 Å². The molecule has 5 atom stereocenters. The lowest BCUT2D eigenvalue weighted by atomic mass is 9.84. The van der Waals surface area contributed by atoms with Gasteiger partial charge in [-0.1, -0.05) is 92.8 Å². The third kappa shape index (κ3) is 12.7. The molecule has 5 amide bonds. The maximum Gasteiger partial charge on any atom is 0.315 e. The summed E-state index contributed by atoms with van der Waals surface area (Å²) >= 11 is 6.13. The van der Waals surface area contributed by atoms with Crippen molar-refractivity contribution in [3.8, 4) is 5.75 Å². The van der Waals surface area contributed by atoms with E-state index < -0.39 is 74.6 Å². The van der Waals surface area contributed by atoms with E-state index in [-0.39, 0.29) is 53.6 Å². The third-order valence-corrected chi connectivity index (χ3v) is 12.0. The van der Waals surface area contributed by atoms with Crippen LogP contribution in [-0.4, -0.2) is 105 Å². The second-order valence-electron chi connectivity index (χ2n) is 16.7. The highest BCUT2D eigenvalue weighted by Gasteiger charge is 2.48. The van der Waals surface area contributed by atoms with Gasteiger partial charge in [0.05, 0.1) is 13.2 Å². The number of carbonyl (C=O) groups excluding carboxylic acids is 5. The summed E-state index contributed by atoms with van der Waals surface area (Å²) < 4.78 is 33.8. The quantitative estimate of drug-likeness (QED) is 0.123. The zero-order chi connectivity index (χ0) is 42.1. The Morgan fingerprint density at radius 1 is 1.05 bits per heavy atom. The van der Waals surface area contributed by atoms with Gasteiger partial charge in [0.15, 0.2) is 0 Å². The first kappa shape index (κ1) is 47.5. The number of halogens is 1. The number of methoxy groups -OCH3 is 1. The van der Waals surface area contributed by atoms with Gasteiger partial charge in [-0.25, -0.2) is 13.2 Å². The lowest BCUT2D eigenvalue weighted by Gasteiger charge is -2.38. The smallest absolute Gasteiger partial charge is 0.315 e. The highest BCUT2D eigenvalue weighted by molar-refractivity contribution is 7.89. The molecule has 310 valence electrons.